The minimum absolute atomic E-state index is 0.0719. The summed E-state index contributed by atoms with van der Waals surface area (Å²) in [7, 11) is 0. The molecule has 62 heavy (non-hydrogen) atoms. The fraction of sp³-hybridized carbons (Fsp3) is 0.754. The summed E-state index contributed by atoms with van der Waals surface area (Å²) in [4.78, 5) is 25.4. The number of carbonyl (C=O) groups excluding carboxylic acids is 2. The third-order valence-corrected chi connectivity index (χ3v) is 11.2. The van der Waals surface area contributed by atoms with Crippen molar-refractivity contribution in [2.75, 3.05) is 19.8 Å². The number of carbonyl (C=O) groups is 2. The normalized spacial score (nSPS) is 12.8. The molecule has 1 atom stereocenters. The second-order valence-electron chi connectivity index (χ2n) is 17.4. The highest BCUT2D eigenvalue weighted by molar-refractivity contribution is 5.70. The van der Waals surface area contributed by atoms with E-state index in [1.54, 1.807) is 0 Å². The Labute approximate surface area is 385 Å². The van der Waals surface area contributed by atoms with Crippen LogP contribution in [0.3, 0.4) is 0 Å². The summed E-state index contributed by atoms with van der Waals surface area (Å²) in [5.74, 6) is -0.423. The van der Waals surface area contributed by atoms with Gasteiger partial charge in [0.25, 0.3) is 0 Å². The lowest BCUT2D eigenvalue weighted by molar-refractivity contribution is -0.163. The largest absolute Gasteiger partial charge is 0.462 e. The van der Waals surface area contributed by atoms with Gasteiger partial charge in [0.1, 0.15) is 6.61 Å². The first-order valence-corrected chi connectivity index (χ1v) is 26.5. The molecule has 0 aromatic rings. The van der Waals surface area contributed by atoms with E-state index in [0.717, 1.165) is 96.3 Å². The number of unbranched alkanes of at least 4 members (excludes halogenated alkanes) is 25. The fourth-order valence-electron chi connectivity index (χ4n) is 7.30. The maximum absolute atomic E-state index is 12.8. The molecule has 5 nitrogen and oxygen atoms in total. The van der Waals surface area contributed by atoms with E-state index in [-0.39, 0.29) is 25.2 Å². The maximum atomic E-state index is 12.8. The van der Waals surface area contributed by atoms with Gasteiger partial charge in [-0.2, -0.15) is 0 Å². The quantitative estimate of drug-likeness (QED) is 0.0346. The molecule has 0 bridgehead atoms. The molecule has 0 spiro atoms. The Morgan fingerprint density at radius 3 is 1.19 bits per heavy atom. The Kier molecular flexibility index (Phi) is 50.4. The molecule has 0 aliphatic carbocycles. The summed E-state index contributed by atoms with van der Waals surface area (Å²) in [6, 6.07) is 0. The van der Waals surface area contributed by atoms with E-state index >= 15 is 0 Å². The molecule has 0 aliphatic rings. The SMILES string of the molecule is CC/C=C\C/C=C\C/C=C\C/C=C\CCCCCCCCC(=O)OCC(COCCCCCCCCCCCCCC)OC(=O)CCCCCCC/C=C\C/C=C\CCCCC. The van der Waals surface area contributed by atoms with Gasteiger partial charge in [-0.25, -0.2) is 0 Å². The van der Waals surface area contributed by atoms with Crippen molar-refractivity contribution in [3.8, 4) is 0 Å². The molecule has 0 amide bonds. The zero-order chi connectivity index (χ0) is 44.9. The molecule has 0 saturated heterocycles. The van der Waals surface area contributed by atoms with Crippen molar-refractivity contribution in [2.45, 2.75) is 258 Å². The standard InChI is InChI=1S/C57H100O5/c1-4-7-10-13-16-19-22-25-27-28-29-30-32-33-35-38-41-44-47-50-56(58)61-54-55(53-60-52-49-46-43-40-37-24-21-18-15-12-9-6-3)62-57(59)51-48-45-42-39-36-34-31-26-23-20-17-14-11-8-5-2/h7,10,16-17,19-20,25-27,29-31,55H,4-6,8-9,11-15,18,21-24,28,32-54H2,1-3H3/b10-7-,19-16-,20-17-,27-25-,30-29-,31-26-. The smallest absolute Gasteiger partial charge is 0.306 e. The van der Waals surface area contributed by atoms with E-state index in [4.69, 9.17) is 14.2 Å². The van der Waals surface area contributed by atoms with Crippen LogP contribution in [0, 0.1) is 0 Å². The highest BCUT2D eigenvalue weighted by atomic mass is 16.6. The van der Waals surface area contributed by atoms with Gasteiger partial charge in [-0.1, -0.05) is 222 Å². The van der Waals surface area contributed by atoms with Crippen molar-refractivity contribution in [1.29, 1.82) is 0 Å². The van der Waals surface area contributed by atoms with Crippen molar-refractivity contribution in [3.05, 3.63) is 72.9 Å². The zero-order valence-electron chi connectivity index (χ0n) is 41.1. The molecule has 5 heteroatoms. The number of rotatable bonds is 48. The van der Waals surface area contributed by atoms with Crippen molar-refractivity contribution in [2.24, 2.45) is 0 Å². The molecule has 1 unspecified atom stereocenters. The molecule has 0 rings (SSSR count). The van der Waals surface area contributed by atoms with E-state index in [2.05, 4.69) is 93.7 Å². The van der Waals surface area contributed by atoms with Crippen molar-refractivity contribution in [3.63, 3.8) is 0 Å². The number of ether oxygens (including phenoxy) is 3. The highest BCUT2D eigenvalue weighted by Crippen LogP contribution is 2.14. The second-order valence-corrected chi connectivity index (χ2v) is 17.4. The summed E-state index contributed by atoms with van der Waals surface area (Å²) in [6.45, 7) is 7.68. The predicted molar refractivity (Wildman–Crippen MR) is 270 cm³/mol. The van der Waals surface area contributed by atoms with E-state index in [1.165, 1.54) is 122 Å². The average molecular weight is 865 g/mol. The Balaban J connectivity index is 4.29. The van der Waals surface area contributed by atoms with Crippen LogP contribution in [0.15, 0.2) is 72.9 Å². The summed E-state index contributed by atoms with van der Waals surface area (Å²) in [6.07, 6.45) is 67.6. The summed E-state index contributed by atoms with van der Waals surface area (Å²) in [5.41, 5.74) is 0. The molecular formula is C57H100O5. The summed E-state index contributed by atoms with van der Waals surface area (Å²) >= 11 is 0. The van der Waals surface area contributed by atoms with Crippen LogP contribution in [0.2, 0.25) is 0 Å². The first-order chi connectivity index (χ1) is 30.6. The molecule has 0 saturated carbocycles. The van der Waals surface area contributed by atoms with Gasteiger partial charge in [0, 0.05) is 19.4 Å². The van der Waals surface area contributed by atoms with Crippen LogP contribution in [0.25, 0.3) is 0 Å². The fourth-order valence-corrected chi connectivity index (χ4v) is 7.30. The Hall–Kier alpha value is -2.66. The third-order valence-electron chi connectivity index (χ3n) is 11.2. The highest BCUT2D eigenvalue weighted by Gasteiger charge is 2.17. The number of esters is 2. The van der Waals surface area contributed by atoms with Gasteiger partial charge in [0.15, 0.2) is 6.10 Å². The molecule has 0 aliphatic heterocycles. The molecule has 0 fully saturated rings. The van der Waals surface area contributed by atoms with E-state index in [1.807, 2.05) is 0 Å². The molecule has 358 valence electrons. The van der Waals surface area contributed by atoms with Gasteiger partial charge in [-0.15, -0.1) is 0 Å². The van der Waals surface area contributed by atoms with Gasteiger partial charge in [0.2, 0.25) is 0 Å². The van der Waals surface area contributed by atoms with Gasteiger partial charge < -0.3 is 14.2 Å². The van der Waals surface area contributed by atoms with Crippen LogP contribution in [0.5, 0.6) is 0 Å². The van der Waals surface area contributed by atoms with Crippen LogP contribution in [-0.2, 0) is 23.8 Å². The lowest BCUT2D eigenvalue weighted by atomic mass is 10.1. The molecule has 0 heterocycles. The van der Waals surface area contributed by atoms with E-state index in [9.17, 15) is 9.59 Å². The van der Waals surface area contributed by atoms with Gasteiger partial charge in [-0.05, 0) is 89.9 Å². The number of hydrogen-bond donors (Lipinski definition) is 0. The molecule has 0 radical (unpaired) electrons. The minimum atomic E-state index is -0.549. The number of allylic oxidation sites excluding steroid dienone is 12. The van der Waals surface area contributed by atoms with Gasteiger partial charge in [0.05, 0.1) is 6.61 Å². The van der Waals surface area contributed by atoms with Crippen molar-refractivity contribution < 1.29 is 23.8 Å². The first-order valence-electron chi connectivity index (χ1n) is 26.5. The topological polar surface area (TPSA) is 61.8 Å². The van der Waals surface area contributed by atoms with E-state index in [0.29, 0.717) is 19.4 Å². The predicted octanol–water partition coefficient (Wildman–Crippen LogP) is 17.9. The Bertz CT molecular complexity index is 1110. The Morgan fingerprint density at radius 2 is 0.726 bits per heavy atom. The lowest BCUT2D eigenvalue weighted by Gasteiger charge is -2.18. The van der Waals surface area contributed by atoms with Gasteiger partial charge in [-0.3, -0.25) is 9.59 Å². The van der Waals surface area contributed by atoms with Crippen molar-refractivity contribution in [1.82, 2.24) is 0 Å². The Morgan fingerprint density at radius 1 is 0.371 bits per heavy atom. The van der Waals surface area contributed by atoms with Crippen LogP contribution in [0.1, 0.15) is 252 Å². The summed E-state index contributed by atoms with van der Waals surface area (Å²) < 4.78 is 17.4. The molecule has 0 aromatic carbocycles. The van der Waals surface area contributed by atoms with Crippen LogP contribution >= 0.6 is 0 Å². The average Bonchev–Trinajstić information content (AvgIpc) is 3.27. The van der Waals surface area contributed by atoms with Crippen LogP contribution in [0.4, 0.5) is 0 Å². The van der Waals surface area contributed by atoms with Crippen LogP contribution < -0.4 is 0 Å². The van der Waals surface area contributed by atoms with Crippen LogP contribution in [-0.4, -0.2) is 37.9 Å². The maximum Gasteiger partial charge on any atom is 0.306 e. The molecular weight excluding hydrogens is 765 g/mol. The van der Waals surface area contributed by atoms with Gasteiger partial charge >= 0.3 is 11.9 Å². The lowest BCUT2D eigenvalue weighted by Crippen LogP contribution is -2.30. The molecule has 0 aromatic heterocycles. The third kappa shape index (κ3) is 50.0. The summed E-state index contributed by atoms with van der Waals surface area (Å²) in [5, 5.41) is 0. The first kappa shape index (κ1) is 59.3. The molecule has 0 N–H and O–H groups in total. The van der Waals surface area contributed by atoms with E-state index < -0.39 is 6.10 Å². The monoisotopic (exact) mass is 865 g/mol. The number of hydrogen-bond acceptors (Lipinski definition) is 5. The minimum Gasteiger partial charge on any atom is -0.462 e. The zero-order valence-corrected chi connectivity index (χ0v) is 41.1. The second kappa shape index (κ2) is 52.7. The van der Waals surface area contributed by atoms with Crippen molar-refractivity contribution >= 4 is 11.9 Å².